The SMILES string of the molecule is CN=C(NCc1cccc(NC(C)=O)c1)N(C)CC1CCC(C)CC1.I. The number of guanidine groups is 1. The highest BCUT2D eigenvalue weighted by molar-refractivity contribution is 14.0. The van der Waals surface area contributed by atoms with Gasteiger partial charge >= 0.3 is 0 Å². The number of nitrogens with one attached hydrogen (secondary N) is 2. The lowest BCUT2D eigenvalue weighted by atomic mass is 9.83. The van der Waals surface area contributed by atoms with Crippen molar-refractivity contribution in [3.8, 4) is 0 Å². The first-order valence-electron chi connectivity index (χ1n) is 9.26. The van der Waals surface area contributed by atoms with E-state index < -0.39 is 0 Å². The normalized spacial score (nSPS) is 20.1. The topological polar surface area (TPSA) is 56.7 Å². The molecule has 0 aromatic heterocycles. The Labute approximate surface area is 175 Å². The Morgan fingerprint density at radius 2 is 1.96 bits per heavy atom. The fourth-order valence-corrected chi connectivity index (χ4v) is 3.51. The first kappa shape index (κ1) is 22.7. The van der Waals surface area contributed by atoms with Crippen LogP contribution in [0.25, 0.3) is 0 Å². The van der Waals surface area contributed by atoms with Crippen molar-refractivity contribution < 1.29 is 4.79 Å². The number of aliphatic imine (C=N–C) groups is 1. The molecule has 1 aromatic rings. The third-order valence-corrected chi connectivity index (χ3v) is 4.94. The molecule has 0 atom stereocenters. The summed E-state index contributed by atoms with van der Waals surface area (Å²) in [5.41, 5.74) is 1.94. The number of hydrogen-bond donors (Lipinski definition) is 2. The van der Waals surface area contributed by atoms with E-state index in [4.69, 9.17) is 0 Å². The van der Waals surface area contributed by atoms with E-state index in [1.165, 1.54) is 32.6 Å². The summed E-state index contributed by atoms with van der Waals surface area (Å²) in [6, 6.07) is 7.90. The zero-order chi connectivity index (χ0) is 18.2. The quantitative estimate of drug-likeness (QED) is 0.386. The van der Waals surface area contributed by atoms with E-state index in [2.05, 4.69) is 34.5 Å². The van der Waals surface area contributed by atoms with Crippen LogP contribution in [0.4, 0.5) is 5.69 Å². The molecule has 2 N–H and O–H groups in total. The van der Waals surface area contributed by atoms with Gasteiger partial charge in [0.15, 0.2) is 5.96 Å². The number of nitrogens with zero attached hydrogens (tertiary/aromatic N) is 2. The Balaban J connectivity index is 0.00000338. The van der Waals surface area contributed by atoms with E-state index >= 15 is 0 Å². The molecule has 1 fully saturated rings. The van der Waals surface area contributed by atoms with Gasteiger partial charge in [0.2, 0.25) is 5.91 Å². The lowest BCUT2D eigenvalue weighted by molar-refractivity contribution is -0.114. The summed E-state index contributed by atoms with van der Waals surface area (Å²) in [5.74, 6) is 2.52. The molecule has 0 spiro atoms. The summed E-state index contributed by atoms with van der Waals surface area (Å²) in [7, 11) is 3.94. The highest BCUT2D eigenvalue weighted by atomic mass is 127. The molecular weight excluding hydrogens is 439 g/mol. The van der Waals surface area contributed by atoms with Crippen molar-refractivity contribution in [1.29, 1.82) is 0 Å². The summed E-state index contributed by atoms with van der Waals surface area (Å²) in [4.78, 5) is 17.8. The van der Waals surface area contributed by atoms with E-state index in [1.54, 1.807) is 0 Å². The van der Waals surface area contributed by atoms with E-state index in [-0.39, 0.29) is 29.9 Å². The Bertz CT molecular complexity index is 597. The first-order chi connectivity index (χ1) is 12.0. The third-order valence-electron chi connectivity index (χ3n) is 4.94. The fraction of sp³-hybridized carbons (Fsp3) is 0.600. The number of amides is 1. The van der Waals surface area contributed by atoms with Gasteiger partial charge in [0.25, 0.3) is 0 Å². The van der Waals surface area contributed by atoms with Gasteiger partial charge in [0.1, 0.15) is 0 Å². The van der Waals surface area contributed by atoms with Crippen LogP contribution in [0.5, 0.6) is 0 Å². The van der Waals surface area contributed by atoms with Gasteiger partial charge in [0.05, 0.1) is 0 Å². The van der Waals surface area contributed by atoms with Crippen molar-refractivity contribution >= 4 is 41.5 Å². The highest BCUT2D eigenvalue weighted by Crippen LogP contribution is 2.28. The number of halogens is 1. The molecule has 0 bridgehead atoms. The second-order valence-electron chi connectivity index (χ2n) is 7.29. The zero-order valence-corrected chi connectivity index (χ0v) is 18.7. The van der Waals surface area contributed by atoms with E-state index in [1.807, 2.05) is 31.3 Å². The Hall–Kier alpha value is -1.31. The van der Waals surface area contributed by atoms with Crippen LogP contribution in [-0.2, 0) is 11.3 Å². The number of carbonyl (C=O) groups is 1. The number of rotatable bonds is 5. The van der Waals surface area contributed by atoms with Crippen molar-refractivity contribution in [3.05, 3.63) is 29.8 Å². The van der Waals surface area contributed by atoms with Gasteiger partial charge in [-0.1, -0.05) is 31.9 Å². The molecule has 0 saturated heterocycles. The Kier molecular flexibility index (Phi) is 9.98. The molecule has 1 amide bonds. The predicted octanol–water partition coefficient (Wildman–Crippen LogP) is 4.10. The van der Waals surface area contributed by atoms with Crippen LogP contribution in [0.3, 0.4) is 0 Å². The van der Waals surface area contributed by atoms with Crippen molar-refractivity contribution in [2.75, 3.05) is 26.0 Å². The third kappa shape index (κ3) is 7.51. The molecule has 1 aliphatic rings. The Morgan fingerprint density at radius 1 is 1.27 bits per heavy atom. The van der Waals surface area contributed by atoms with Gasteiger partial charge in [-0.15, -0.1) is 24.0 Å². The zero-order valence-electron chi connectivity index (χ0n) is 16.4. The largest absolute Gasteiger partial charge is 0.352 e. The molecule has 1 aromatic carbocycles. The van der Waals surface area contributed by atoms with E-state index in [0.29, 0.717) is 6.54 Å². The minimum Gasteiger partial charge on any atom is -0.352 e. The van der Waals surface area contributed by atoms with E-state index in [9.17, 15) is 4.79 Å². The van der Waals surface area contributed by atoms with Crippen LogP contribution < -0.4 is 10.6 Å². The molecule has 0 radical (unpaired) electrons. The fourth-order valence-electron chi connectivity index (χ4n) is 3.51. The monoisotopic (exact) mass is 472 g/mol. The molecule has 2 rings (SSSR count). The molecule has 26 heavy (non-hydrogen) atoms. The van der Waals surface area contributed by atoms with Crippen LogP contribution in [0, 0.1) is 11.8 Å². The van der Waals surface area contributed by atoms with Gasteiger partial charge in [0, 0.05) is 39.8 Å². The van der Waals surface area contributed by atoms with E-state index in [0.717, 1.165) is 35.6 Å². The van der Waals surface area contributed by atoms with Gasteiger partial charge in [-0.2, -0.15) is 0 Å². The Morgan fingerprint density at radius 3 is 2.58 bits per heavy atom. The first-order valence-corrected chi connectivity index (χ1v) is 9.26. The van der Waals surface area contributed by atoms with Crippen LogP contribution in [0.2, 0.25) is 0 Å². The second-order valence-corrected chi connectivity index (χ2v) is 7.29. The smallest absolute Gasteiger partial charge is 0.221 e. The molecule has 0 heterocycles. The van der Waals surface area contributed by atoms with Crippen LogP contribution in [0.15, 0.2) is 29.3 Å². The van der Waals surface area contributed by atoms with Crippen molar-refractivity contribution in [1.82, 2.24) is 10.2 Å². The van der Waals surface area contributed by atoms with Crippen molar-refractivity contribution in [2.24, 2.45) is 16.8 Å². The van der Waals surface area contributed by atoms with Crippen LogP contribution in [-0.4, -0.2) is 37.4 Å². The average molecular weight is 472 g/mol. The molecule has 1 saturated carbocycles. The number of carbonyl (C=O) groups excluding carboxylic acids is 1. The highest BCUT2D eigenvalue weighted by Gasteiger charge is 2.20. The van der Waals surface area contributed by atoms with Gasteiger partial charge in [-0.05, 0) is 42.4 Å². The molecular formula is C20H33IN4O. The predicted molar refractivity (Wildman–Crippen MR) is 120 cm³/mol. The summed E-state index contributed by atoms with van der Waals surface area (Å²) in [6.45, 7) is 5.62. The lowest BCUT2D eigenvalue weighted by Crippen LogP contribution is -2.41. The maximum Gasteiger partial charge on any atom is 0.221 e. The van der Waals surface area contributed by atoms with Gasteiger partial charge in [-0.3, -0.25) is 9.79 Å². The molecule has 0 aliphatic heterocycles. The number of anilines is 1. The lowest BCUT2D eigenvalue weighted by Gasteiger charge is -2.31. The standard InChI is InChI=1S/C20H32N4O.HI/c1-15-8-10-17(11-9-15)14-24(4)20(21-3)22-13-18-6-5-7-19(12-18)23-16(2)25;/h5-7,12,15,17H,8-11,13-14H2,1-4H3,(H,21,22)(H,23,25);1H. The van der Waals surface area contributed by atoms with Gasteiger partial charge in [-0.25, -0.2) is 0 Å². The van der Waals surface area contributed by atoms with Crippen molar-refractivity contribution in [2.45, 2.75) is 46.1 Å². The summed E-state index contributed by atoms with van der Waals surface area (Å²) in [6.07, 6.45) is 5.34. The molecule has 0 unspecified atom stereocenters. The maximum absolute atomic E-state index is 11.2. The molecule has 146 valence electrons. The van der Waals surface area contributed by atoms with Crippen molar-refractivity contribution in [3.63, 3.8) is 0 Å². The summed E-state index contributed by atoms with van der Waals surface area (Å²) >= 11 is 0. The van der Waals surface area contributed by atoms with Crippen LogP contribution >= 0.6 is 24.0 Å². The molecule has 1 aliphatic carbocycles. The minimum atomic E-state index is -0.0533. The minimum absolute atomic E-state index is 0. The van der Waals surface area contributed by atoms with Crippen LogP contribution in [0.1, 0.15) is 45.1 Å². The van der Waals surface area contributed by atoms with Gasteiger partial charge < -0.3 is 15.5 Å². The summed E-state index contributed by atoms with van der Waals surface area (Å²) < 4.78 is 0. The molecule has 6 heteroatoms. The maximum atomic E-state index is 11.2. The number of hydrogen-bond acceptors (Lipinski definition) is 2. The second kappa shape index (κ2) is 11.4. The average Bonchev–Trinajstić information content (AvgIpc) is 2.57. The number of benzene rings is 1. The summed E-state index contributed by atoms with van der Waals surface area (Å²) in [5, 5.41) is 6.25. The molecule has 5 nitrogen and oxygen atoms in total.